The van der Waals surface area contributed by atoms with Gasteiger partial charge in [-0.25, -0.2) is 4.79 Å². The zero-order valence-corrected chi connectivity index (χ0v) is 18.1. The van der Waals surface area contributed by atoms with Crippen LogP contribution in [0.1, 0.15) is 27.0 Å². The van der Waals surface area contributed by atoms with E-state index < -0.39 is 5.97 Å². The Labute approximate surface area is 185 Å². The van der Waals surface area contributed by atoms with Gasteiger partial charge in [-0.05, 0) is 42.3 Å². The highest BCUT2D eigenvalue weighted by atomic mass is 35.5. The van der Waals surface area contributed by atoms with Crippen molar-refractivity contribution < 1.29 is 19.4 Å². The van der Waals surface area contributed by atoms with E-state index >= 15 is 0 Å². The van der Waals surface area contributed by atoms with Crippen LogP contribution >= 0.6 is 23.2 Å². The zero-order valence-electron chi connectivity index (χ0n) is 16.5. The first-order valence-corrected chi connectivity index (χ1v) is 9.94. The van der Waals surface area contributed by atoms with Gasteiger partial charge in [0.25, 0.3) is 0 Å². The SMILES string of the molecule is COc1cc(CNc2ccc(Cl)c(C(=O)O)c2)c(Cl)cc1OCc1ccc(C)cc1. The number of rotatable bonds is 8. The number of hydrogen-bond acceptors (Lipinski definition) is 4. The molecule has 0 heterocycles. The van der Waals surface area contributed by atoms with Crippen LogP contribution in [0.15, 0.2) is 54.6 Å². The van der Waals surface area contributed by atoms with Gasteiger partial charge in [-0.3, -0.25) is 0 Å². The maximum Gasteiger partial charge on any atom is 0.337 e. The van der Waals surface area contributed by atoms with Gasteiger partial charge in [0.05, 0.1) is 17.7 Å². The second-order valence-electron chi connectivity index (χ2n) is 6.72. The molecule has 0 atom stereocenters. The van der Waals surface area contributed by atoms with Crippen molar-refractivity contribution in [3.05, 3.63) is 86.9 Å². The number of aromatic carboxylic acids is 1. The summed E-state index contributed by atoms with van der Waals surface area (Å²) in [4.78, 5) is 11.2. The van der Waals surface area contributed by atoms with Crippen molar-refractivity contribution >= 4 is 34.9 Å². The molecule has 0 radical (unpaired) electrons. The summed E-state index contributed by atoms with van der Waals surface area (Å²) in [6.45, 7) is 2.80. The van der Waals surface area contributed by atoms with Gasteiger partial charge in [0.2, 0.25) is 0 Å². The predicted octanol–water partition coefficient (Wildman–Crippen LogP) is 6.20. The quantitative estimate of drug-likeness (QED) is 0.431. The molecule has 3 aromatic rings. The third-order valence-electron chi connectivity index (χ3n) is 4.53. The number of anilines is 1. The Balaban J connectivity index is 1.72. The second-order valence-corrected chi connectivity index (χ2v) is 7.54. The van der Waals surface area contributed by atoms with Crippen LogP contribution in [0.3, 0.4) is 0 Å². The molecule has 5 nitrogen and oxygen atoms in total. The second kappa shape index (κ2) is 9.74. The Morgan fingerprint density at radius 1 is 1.00 bits per heavy atom. The van der Waals surface area contributed by atoms with Crippen molar-refractivity contribution in [3.63, 3.8) is 0 Å². The van der Waals surface area contributed by atoms with E-state index in [1.54, 1.807) is 25.3 Å². The number of methoxy groups -OCH3 is 1. The van der Waals surface area contributed by atoms with E-state index in [-0.39, 0.29) is 10.6 Å². The molecule has 30 heavy (non-hydrogen) atoms. The Hall–Kier alpha value is -2.89. The van der Waals surface area contributed by atoms with Crippen molar-refractivity contribution in [1.82, 2.24) is 0 Å². The maximum absolute atomic E-state index is 11.2. The summed E-state index contributed by atoms with van der Waals surface area (Å²) in [5, 5.41) is 13.0. The topological polar surface area (TPSA) is 67.8 Å². The number of nitrogens with one attached hydrogen (secondary N) is 1. The molecule has 0 aliphatic heterocycles. The number of hydrogen-bond donors (Lipinski definition) is 2. The van der Waals surface area contributed by atoms with Gasteiger partial charge in [-0.15, -0.1) is 0 Å². The largest absolute Gasteiger partial charge is 0.493 e. The van der Waals surface area contributed by atoms with Crippen LogP contribution in [-0.4, -0.2) is 18.2 Å². The summed E-state index contributed by atoms with van der Waals surface area (Å²) < 4.78 is 11.4. The molecule has 156 valence electrons. The molecule has 0 saturated heterocycles. The molecule has 2 N–H and O–H groups in total. The molecule has 0 fully saturated rings. The summed E-state index contributed by atoms with van der Waals surface area (Å²) in [6, 6.07) is 16.3. The van der Waals surface area contributed by atoms with Crippen LogP contribution in [0.25, 0.3) is 0 Å². The van der Waals surface area contributed by atoms with Crippen LogP contribution in [0.4, 0.5) is 5.69 Å². The molecule has 0 spiro atoms. The van der Waals surface area contributed by atoms with Crippen molar-refractivity contribution in [3.8, 4) is 11.5 Å². The molecule has 0 aromatic heterocycles. The van der Waals surface area contributed by atoms with E-state index in [0.29, 0.717) is 35.4 Å². The number of benzene rings is 3. The van der Waals surface area contributed by atoms with Crippen molar-refractivity contribution in [1.29, 1.82) is 0 Å². The lowest BCUT2D eigenvalue weighted by atomic mass is 10.1. The standard InChI is InChI=1S/C23H21Cl2NO4/c1-14-3-5-15(6-4-14)13-30-22-11-20(25)16(9-21(22)29-2)12-26-17-7-8-19(24)18(10-17)23(27)28/h3-11,26H,12-13H2,1-2H3,(H,27,28). The molecule has 0 aliphatic carbocycles. The number of carbonyl (C=O) groups is 1. The average Bonchev–Trinajstić information content (AvgIpc) is 2.73. The van der Waals surface area contributed by atoms with E-state index in [2.05, 4.69) is 5.32 Å². The summed E-state index contributed by atoms with van der Waals surface area (Å²) in [6.07, 6.45) is 0. The number of aryl methyl sites for hydroxylation is 1. The molecule has 0 saturated carbocycles. The van der Waals surface area contributed by atoms with Gasteiger partial charge in [0.15, 0.2) is 11.5 Å². The minimum absolute atomic E-state index is 0.0326. The van der Waals surface area contributed by atoms with Crippen LogP contribution in [0.5, 0.6) is 11.5 Å². The highest BCUT2D eigenvalue weighted by Crippen LogP contribution is 2.34. The van der Waals surface area contributed by atoms with Gasteiger partial charge in [-0.1, -0.05) is 53.0 Å². The van der Waals surface area contributed by atoms with Gasteiger partial charge >= 0.3 is 5.97 Å². The molecule has 0 bridgehead atoms. The Morgan fingerprint density at radius 3 is 2.40 bits per heavy atom. The van der Waals surface area contributed by atoms with Crippen LogP contribution in [0, 0.1) is 6.92 Å². The molecule has 0 aliphatic rings. The van der Waals surface area contributed by atoms with E-state index in [0.717, 1.165) is 11.1 Å². The number of halogens is 2. The zero-order chi connectivity index (χ0) is 21.7. The van der Waals surface area contributed by atoms with Crippen LogP contribution in [0.2, 0.25) is 10.0 Å². The average molecular weight is 446 g/mol. The van der Waals surface area contributed by atoms with Gasteiger partial charge < -0.3 is 19.9 Å². The fourth-order valence-electron chi connectivity index (χ4n) is 2.83. The van der Waals surface area contributed by atoms with Crippen LogP contribution in [-0.2, 0) is 13.2 Å². The minimum Gasteiger partial charge on any atom is -0.493 e. The lowest BCUT2D eigenvalue weighted by molar-refractivity contribution is 0.0697. The lowest BCUT2D eigenvalue weighted by Crippen LogP contribution is -2.04. The number of carboxylic acid groups (broad SMARTS) is 1. The third kappa shape index (κ3) is 5.38. The Morgan fingerprint density at radius 2 is 1.73 bits per heavy atom. The monoisotopic (exact) mass is 445 g/mol. The maximum atomic E-state index is 11.2. The molecule has 7 heteroatoms. The Bertz CT molecular complexity index is 1050. The van der Waals surface area contributed by atoms with E-state index in [1.165, 1.54) is 17.7 Å². The van der Waals surface area contributed by atoms with Gasteiger partial charge in [0, 0.05) is 23.3 Å². The third-order valence-corrected chi connectivity index (χ3v) is 5.21. The van der Waals surface area contributed by atoms with Gasteiger partial charge in [-0.2, -0.15) is 0 Å². The summed E-state index contributed by atoms with van der Waals surface area (Å²) in [7, 11) is 1.57. The van der Waals surface area contributed by atoms with E-state index in [4.69, 9.17) is 32.7 Å². The van der Waals surface area contributed by atoms with Crippen molar-refractivity contribution in [2.75, 3.05) is 12.4 Å². The van der Waals surface area contributed by atoms with E-state index in [1.807, 2.05) is 31.2 Å². The first-order valence-electron chi connectivity index (χ1n) is 9.19. The van der Waals surface area contributed by atoms with Crippen molar-refractivity contribution in [2.24, 2.45) is 0 Å². The van der Waals surface area contributed by atoms with Gasteiger partial charge in [0.1, 0.15) is 6.61 Å². The highest BCUT2D eigenvalue weighted by Gasteiger charge is 2.13. The fraction of sp³-hybridized carbons (Fsp3) is 0.174. The molecular weight excluding hydrogens is 425 g/mol. The molecule has 0 amide bonds. The van der Waals surface area contributed by atoms with Crippen molar-refractivity contribution in [2.45, 2.75) is 20.1 Å². The summed E-state index contributed by atoms with van der Waals surface area (Å²) in [5.74, 6) is 0.0237. The van der Waals surface area contributed by atoms with E-state index in [9.17, 15) is 9.90 Å². The smallest absolute Gasteiger partial charge is 0.337 e. The minimum atomic E-state index is -1.08. The first kappa shape index (κ1) is 21.8. The normalized spacial score (nSPS) is 10.5. The molecule has 0 unspecified atom stereocenters. The van der Waals surface area contributed by atoms with Crippen LogP contribution < -0.4 is 14.8 Å². The molecule has 3 aromatic carbocycles. The summed E-state index contributed by atoms with van der Waals surface area (Å²) >= 11 is 12.4. The first-order chi connectivity index (χ1) is 14.4. The lowest BCUT2D eigenvalue weighted by Gasteiger charge is -2.15. The number of ether oxygens (including phenoxy) is 2. The molecular formula is C23H21Cl2NO4. The number of carboxylic acids is 1. The Kier molecular flexibility index (Phi) is 7.08. The molecule has 3 rings (SSSR count). The highest BCUT2D eigenvalue weighted by molar-refractivity contribution is 6.33. The summed E-state index contributed by atoms with van der Waals surface area (Å²) in [5.41, 5.74) is 3.66. The predicted molar refractivity (Wildman–Crippen MR) is 119 cm³/mol. The fourth-order valence-corrected chi connectivity index (χ4v) is 3.25.